The van der Waals surface area contributed by atoms with Gasteiger partial charge in [0.1, 0.15) is 0 Å². The summed E-state index contributed by atoms with van der Waals surface area (Å²) >= 11 is 0. The first-order valence-electron chi connectivity index (χ1n) is 22.2. The van der Waals surface area contributed by atoms with Gasteiger partial charge in [0.15, 0.2) is 0 Å². The van der Waals surface area contributed by atoms with E-state index in [9.17, 15) is 0 Å². The summed E-state index contributed by atoms with van der Waals surface area (Å²) in [6.07, 6.45) is 13.8. The number of nitrogens with zero attached hydrogens (tertiary/aromatic N) is 4. The molecule has 10 heteroatoms. The van der Waals surface area contributed by atoms with Crippen LogP contribution in [0.2, 0.25) is 11.6 Å². The molecule has 338 valence electrons. The third kappa shape index (κ3) is 16.3. The Labute approximate surface area is 373 Å². The van der Waals surface area contributed by atoms with Crippen molar-refractivity contribution in [1.82, 2.24) is 19.9 Å². The Morgan fingerprint density at radius 1 is 0.738 bits per heavy atom. The summed E-state index contributed by atoms with van der Waals surface area (Å²) in [5.74, 6) is 3.47. The number of pyridine rings is 2. The van der Waals surface area contributed by atoms with Gasteiger partial charge in [0.2, 0.25) is 0 Å². The van der Waals surface area contributed by atoms with E-state index in [0.29, 0.717) is 41.0 Å². The predicted octanol–water partition coefficient (Wildman–Crippen LogP) is 13.3. The van der Waals surface area contributed by atoms with Gasteiger partial charge in [-0.05, 0) is 103 Å². The van der Waals surface area contributed by atoms with Crippen molar-refractivity contribution >= 4 is 14.2 Å². The molecule has 3 aliphatic carbocycles. The molecule has 1 saturated heterocycles. The van der Waals surface area contributed by atoms with E-state index < -0.39 is 7.12 Å². The van der Waals surface area contributed by atoms with Gasteiger partial charge in [-0.25, -0.2) is 0 Å². The first-order chi connectivity index (χ1) is 27.8. The van der Waals surface area contributed by atoms with Crippen LogP contribution in [0.1, 0.15) is 178 Å². The predicted molar refractivity (Wildman–Crippen MR) is 261 cm³/mol. The zero-order chi connectivity index (χ0) is 43.9. The van der Waals surface area contributed by atoms with Crippen molar-refractivity contribution in [2.24, 2.45) is 17.3 Å². The number of hydrogen-bond donors (Lipinski definition) is 2. The lowest BCUT2D eigenvalue weighted by atomic mass is 9.43. The molecule has 3 saturated carbocycles. The topological polar surface area (TPSA) is 110 Å². The second-order valence-corrected chi connectivity index (χ2v) is 18.8. The van der Waals surface area contributed by atoms with Crippen LogP contribution in [0, 0.1) is 17.3 Å². The standard InChI is InChI=1S/C14H15N.C13H23BO2.C12H19N.C7H10N2.C3H9BO2.2CH4/c1-11(2)13-9-6-10-14(15-13)12-7-4-3-5-8-12;1-8(2)14-15-11-7-9-6-10(12(9,3)4)13(11,5)16-14;1-4-5-6-11-7-8-12(10(2)3)13-9-11;1-6(2)7-5-8-3-4-9-7;1-3(2)4(5)6;;/h3-11H,1-2H3;8-11H,6-7H2,1-5H3;7-10H,4-6H2,1-3H3;3-6H,1-2H3;3,5-6H,1-2H3;2*1H4/t;9-,10-,11+,13-;;;;;/m.0...../s1. The SMILES string of the molecule is C.C.CC(C)B(O)O.CC(C)B1O[C@@H]2C[C@@H]3C[C@@H](C3(C)C)[C@]2(C)O1.CC(C)c1cccc(-c2ccccc2)n1.CC(C)c1cnccn1.CCCCc1ccc(C(C)C)nc1. The van der Waals surface area contributed by atoms with Crippen LogP contribution in [0.4, 0.5) is 0 Å². The van der Waals surface area contributed by atoms with E-state index in [4.69, 9.17) is 19.4 Å². The summed E-state index contributed by atoms with van der Waals surface area (Å²) < 4.78 is 12.4. The van der Waals surface area contributed by atoms with Gasteiger partial charge in [-0.2, -0.15) is 0 Å². The summed E-state index contributed by atoms with van der Waals surface area (Å²) in [6.45, 7) is 30.0. The van der Waals surface area contributed by atoms with Gasteiger partial charge in [-0.1, -0.05) is 154 Å². The molecule has 4 fully saturated rings. The maximum atomic E-state index is 8.19. The molecule has 8 nitrogen and oxygen atoms in total. The molecule has 1 aromatic carbocycles. The molecule has 8 rings (SSSR count). The Bertz CT molecular complexity index is 1750. The van der Waals surface area contributed by atoms with E-state index in [1.807, 2.05) is 24.4 Å². The van der Waals surface area contributed by atoms with Crippen LogP contribution in [0.25, 0.3) is 11.3 Å². The largest absolute Gasteiger partial charge is 0.460 e. The fourth-order valence-electron chi connectivity index (χ4n) is 7.65. The van der Waals surface area contributed by atoms with Gasteiger partial charge in [-0.15, -0.1) is 0 Å². The molecular weight excluding hydrogens is 754 g/mol. The van der Waals surface area contributed by atoms with Gasteiger partial charge in [0, 0.05) is 41.7 Å². The molecule has 4 aromatic rings. The van der Waals surface area contributed by atoms with Crippen molar-refractivity contribution in [3.05, 3.63) is 108 Å². The average Bonchev–Trinajstić information content (AvgIpc) is 3.60. The molecular formula is C51H84B2N4O4. The van der Waals surface area contributed by atoms with E-state index in [2.05, 4.69) is 145 Å². The fourth-order valence-corrected chi connectivity index (χ4v) is 7.65. The maximum absolute atomic E-state index is 8.19. The molecule has 2 bridgehead atoms. The van der Waals surface area contributed by atoms with Crippen LogP contribution in [-0.4, -0.2) is 55.9 Å². The van der Waals surface area contributed by atoms with Gasteiger partial charge in [0.05, 0.1) is 23.1 Å². The number of aryl methyl sites for hydroxylation is 1. The normalized spacial score (nSPS) is 20.2. The minimum atomic E-state index is -1.15. The molecule has 0 radical (unpaired) electrons. The molecule has 1 aliphatic heterocycles. The molecule has 0 amide bonds. The Hall–Kier alpha value is -3.43. The second-order valence-electron chi connectivity index (χ2n) is 18.8. The van der Waals surface area contributed by atoms with Crippen molar-refractivity contribution in [3.63, 3.8) is 0 Å². The summed E-state index contributed by atoms with van der Waals surface area (Å²) in [5, 5.41) is 16.4. The third-order valence-corrected chi connectivity index (χ3v) is 12.0. The van der Waals surface area contributed by atoms with Crippen molar-refractivity contribution < 1.29 is 19.4 Å². The van der Waals surface area contributed by atoms with Crippen LogP contribution in [-0.2, 0) is 15.7 Å². The number of aromatic nitrogens is 4. The summed E-state index contributed by atoms with van der Waals surface area (Å²) in [6, 6.07) is 20.9. The maximum Gasteiger partial charge on any atom is 0.460 e. The lowest BCUT2D eigenvalue weighted by molar-refractivity contribution is -0.199. The second kappa shape index (κ2) is 26.3. The van der Waals surface area contributed by atoms with Crippen molar-refractivity contribution in [2.75, 3.05) is 0 Å². The highest BCUT2D eigenvalue weighted by atomic mass is 16.7. The first-order valence-corrected chi connectivity index (χ1v) is 22.2. The van der Waals surface area contributed by atoms with Crippen LogP contribution in [0.5, 0.6) is 0 Å². The lowest BCUT2D eigenvalue weighted by Gasteiger charge is -2.64. The minimum Gasteiger partial charge on any atom is -0.427 e. The highest BCUT2D eigenvalue weighted by Crippen LogP contribution is 2.66. The molecule has 0 unspecified atom stereocenters. The van der Waals surface area contributed by atoms with Gasteiger partial charge < -0.3 is 19.4 Å². The van der Waals surface area contributed by atoms with E-state index in [-0.39, 0.29) is 33.4 Å². The number of unbranched alkanes of at least 4 members (excludes halogenated alkanes) is 1. The number of benzene rings is 1. The minimum absolute atomic E-state index is 0. The van der Waals surface area contributed by atoms with Crippen molar-refractivity contribution in [3.8, 4) is 11.3 Å². The third-order valence-electron chi connectivity index (χ3n) is 12.0. The van der Waals surface area contributed by atoms with Gasteiger partial charge in [-0.3, -0.25) is 19.9 Å². The Balaban J connectivity index is 0.000000391. The monoisotopic (exact) mass is 839 g/mol. The Morgan fingerprint density at radius 2 is 1.36 bits per heavy atom. The van der Waals surface area contributed by atoms with Crippen LogP contribution >= 0.6 is 0 Å². The summed E-state index contributed by atoms with van der Waals surface area (Å²) in [5.41, 5.74) is 7.44. The summed E-state index contributed by atoms with van der Waals surface area (Å²) in [4.78, 5) is 17.1. The molecule has 2 N–H and O–H groups in total. The lowest BCUT2D eigenvalue weighted by Crippen LogP contribution is -2.65. The molecule has 61 heavy (non-hydrogen) atoms. The smallest absolute Gasteiger partial charge is 0.427 e. The highest BCUT2D eigenvalue weighted by Gasteiger charge is 2.68. The molecule has 0 spiro atoms. The zero-order valence-electron chi connectivity index (χ0n) is 38.9. The fraction of sp³-hybridized carbons (Fsp3) is 0.608. The first kappa shape index (κ1) is 55.6. The zero-order valence-corrected chi connectivity index (χ0v) is 38.9. The van der Waals surface area contributed by atoms with E-state index >= 15 is 0 Å². The highest BCUT2D eigenvalue weighted by molar-refractivity contribution is 6.47. The molecule has 4 aliphatic rings. The number of hydrogen-bond acceptors (Lipinski definition) is 8. The van der Waals surface area contributed by atoms with Crippen LogP contribution in [0.15, 0.2) is 85.5 Å². The number of rotatable bonds is 9. The summed E-state index contributed by atoms with van der Waals surface area (Å²) in [7, 11) is -1.13. The Kier molecular flexibility index (Phi) is 23.9. The van der Waals surface area contributed by atoms with Crippen molar-refractivity contribution in [1.29, 1.82) is 0 Å². The molecule has 3 aromatic heterocycles. The van der Waals surface area contributed by atoms with Crippen molar-refractivity contribution in [2.45, 2.75) is 185 Å². The average molecular weight is 839 g/mol. The quantitative estimate of drug-likeness (QED) is 0.160. The van der Waals surface area contributed by atoms with Crippen LogP contribution in [0.3, 0.4) is 0 Å². The van der Waals surface area contributed by atoms with E-state index in [0.717, 1.165) is 23.0 Å². The Morgan fingerprint density at radius 3 is 1.82 bits per heavy atom. The van der Waals surface area contributed by atoms with Crippen LogP contribution < -0.4 is 0 Å². The van der Waals surface area contributed by atoms with Gasteiger partial charge in [0.25, 0.3) is 0 Å². The van der Waals surface area contributed by atoms with E-state index in [1.54, 1.807) is 32.4 Å². The van der Waals surface area contributed by atoms with Gasteiger partial charge >= 0.3 is 14.2 Å². The molecule has 4 atom stereocenters. The van der Waals surface area contributed by atoms with E-state index in [1.165, 1.54) is 48.9 Å². The molecule has 4 heterocycles.